The molecule has 0 saturated carbocycles. The van der Waals surface area contributed by atoms with Gasteiger partial charge in [-0.1, -0.05) is 19.4 Å². The Hall–Kier alpha value is -1.55. The second kappa shape index (κ2) is 5.40. The number of hydrogen-bond acceptors (Lipinski definition) is 3. The number of phenolic OH excluding ortho intramolecular Hbond substituents is 1. The van der Waals surface area contributed by atoms with Gasteiger partial charge in [0, 0.05) is 18.3 Å². The van der Waals surface area contributed by atoms with Crippen LogP contribution in [-0.4, -0.2) is 24.1 Å². The van der Waals surface area contributed by atoms with Crippen LogP contribution in [0.2, 0.25) is 0 Å². The highest BCUT2D eigenvalue weighted by molar-refractivity contribution is 5.95. The van der Waals surface area contributed by atoms with Crippen LogP contribution in [0.5, 0.6) is 5.75 Å². The second-order valence-electron chi connectivity index (χ2n) is 4.96. The van der Waals surface area contributed by atoms with Crippen molar-refractivity contribution in [3.8, 4) is 5.75 Å². The van der Waals surface area contributed by atoms with Gasteiger partial charge in [0.15, 0.2) is 0 Å². The summed E-state index contributed by atoms with van der Waals surface area (Å²) in [4.78, 5) is 12.4. The molecule has 0 radical (unpaired) electrons. The van der Waals surface area contributed by atoms with Gasteiger partial charge < -0.3 is 15.7 Å². The van der Waals surface area contributed by atoms with Gasteiger partial charge in [-0.05, 0) is 31.5 Å². The van der Waals surface area contributed by atoms with Gasteiger partial charge in [-0.25, -0.2) is 0 Å². The number of hydrogen-bond donors (Lipinski definition) is 3. The van der Waals surface area contributed by atoms with E-state index in [2.05, 4.69) is 17.6 Å². The Morgan fingerprint density at radius 1 is 1.56 bits per heavy atom. The zero-order valence-corrected chi connectivity index (χ0v) is 10.7. The number of carbonyl (C=O) groups is 1. The van der Waals surface area contributed by atoms with Crippen molar-refractivity contribution in [2.24, 2.45) is 5.41 Å². The number of benzene rings is 1. The Morgan fingerprint density at radius 2 is 2.39 bits per heavy atom. The summed E-state index contributed by atoms with van der Waals surface area (Å²) in [5.41, 5.74) is 0.364. The van der Waals surface area contributed by atoms with E-state index in [1.54, 1.807) is 24.3 Å². The van der Waals surface area contributed by atoms with E-state index in [4.69, 9.17) is 0 Å². The van der Waals surface area contributed by atoms with E-state index in [1.807, 2.05) is 0 Å². The van der Waals surface area contributed by atoms with Crippen LogP contribution in [-0.2, 0) is 4.79 Å². The molecule has 2 rings (SSSR count). The van der Waals surface area contributed by atoms with E-state index < -0.39 is 0 Å². The normalized spacial score (nSPS) is 22.9. The molecule has 4 heteroatoms. The van der Waals surface area contributed by atoms with E-state index in [0.717, 1.165) is 32.4 Å². The molecule has 0 spiro atoms. The molecule has 18 heavy (non-hydrogen) atoms. The van der Waals surface area contributed by atoms with Crippen molar-refractivity contribution < 1.29 is 9.90 Å². The smallest absolute Gasteiger partial charge is 0.231 e. The highest BCUT2D eigenvalue weighted by atomic mass is 16.3. The first-order valence-corrected chi connectivity index (χ1v) is 6.47. The molecule has 1 heterocycles. The minimum Gasteiger partial charge on any atom is -0.508 e. The average Bonchev–Trinajstić information content (AvgIpc) is 2.79. The van der Waals surface area contributed by atoms with Crippen molar-refractivity contribution in [3.05, 3.63) is 24.3 Å². The van der Waals surface area contributed by atoms with E-state index in [9.17, 15) is 9.90 Å². The minimum atomic E-state index is -0.291. The van der Waals surface area contributed by atoms with Gasteiger partial charge in [-0.15, -0.1) is 0 Å². The zero-order valence-electron chi connectivity index (χ0n) is 10.7. The SMILES string of the molecule is CCCC1(C(=O)Nc2cccc(O)c2)CCNC1. The molecule has 1 atom stereocenters. The number of anilines is 1. The maximum atomic E-state index is 12.4. The van der Waals surface area contributed by atoms with Crippen molar-refractivity contribution in [1.29, 1.82) is 0 Å². The zero-order chi connectivity index (χ0) is 13.0. The summed E-state index contributed by atoms with van der Waals surface area (Å²) in [5, 5.41) is 15.6. The molecule has 0 aromatic heterocycles. The van der Waals surface area contributed by atoms with Crippen molar-refractivity contribution in [1.82, 2.24) is 5.32 Å². The van der Waals surface area contributed by atoms with Crippen molar-refractivity contribution >= 4 is 11.6 Å². The van der Waals surface area contributed by atoms with Crippen LogP contribution in [0.3, 0.4) is 0 Å². The molecular weight excluding hydrogens is 228 g/mol. The molecule has 0 aliphatic carbocycles. The van der Waals surface area contributed by atoms with Crippen LogP contribution < -0.4 is 10.6 Å². The lowest BCUT2D eigenvalue weighted by atomic mass is 9.81. The lowest BCUT2D eigenvalue weighted by Crippen LogP contribution is -2.38. The summed E-state index contributed by atoms with van der Waals surface area (Å²) in [7, 11) is 0. The molecule has 3 N–H and O–H groups in total. The van der Waals surface area contributed by atoms with Gasteiger partial charge in [0.05, 0.1) is 5.41 Å². The lowest BCUT2D eigenvalue weighted by molar-refractivity contribution is -0.125. The third kappa shape index (κ3) is 2.64. The first kappa shape index (κ1) is 12.9. The van der Waals surface area contributed by atoms with Crippen LogP contribution in [0.4, 0.5) is 5.69 Å². The highest BCUT2D eigenvalue weighted by Gasteiger charge is 2.40. The monoisotopic (exact) mass is 248 g/mol. The molecule has 0 bridgehead atoms. The predicted molar refractivity (Wildman–Crippen MR) is 71.6 cm³/mol. The van der Waals surface area contributed by atoms with Crippen LogP contribution >= 0.6 is 0 Å². The van der Waals surface area contributed by atoms with Crippen LogP contribution in [0.25, 0.3) is 0 Å². The van der Waals surface area contributed by atoms with Crippen LogP contribution in [0.1, 0.15) is 26.2 Å². The average molecular weight is 248 g/mol. The minimum absolute atomic E-state index is 0.0555. The third-order valence-electron chi connectivity index (χ3n) is 3.56. The van der Waals surface area contributed by atoms with Gasteiger partial charge in [-0.3, -0.25) is 4.79 Å². The first-order chi connectivity index (χ1) is 8.66. The molecular formula is C14H20N2O2. The van der Waals surface area contributed by atoms with Gasteiger partial charge in [0.2, 0.25) is 5.91 Å². The molecule has 1 fully saturated rings. The molecule has 1 saturated heterocycles. The maximum Gasteiger partial charge on any atom is 0.231 e. The van der Waals surface area contributed by atoms with Crippen molar-refractivity contribution in [2.75, 3.05) is 18.4 Å². The van der Waals surface area contributed by atoms with E-state index in [1.165, 1.54) is 0 Å². The van der Waals surface area contributed by atoms with Crippen molar-refractivity contribution in [2.45, 2.75) is 26.2 Å². The largest absolute Gasteiger partial charge is 0.508 e. The number of rotatable bonds is 4. The molecule has 1 aromatic rings. The van der Waals surface area contributed by atoms with E-state index in [0.29, 0.717) is 5.69 Å². The summed E-state index contributed by atoms with van der Waals surface area (Å²) < 4.78 is 0. The molecule has 1 unspecified atom stereocenters. The standard InChI is InChI=1S/C14H20N2O2/c1-2-6-14(7-8-15-10-14)13(18)16-11-4-3-5-12(17)9-11/h3-5,9,15,17H,2,6-8,10H2,1H3,(H,16,18). The number of nitrogens with one attached hydrogen (secondary N) is 2. The Labute approximate surface area is 107 Å². The van der Waals surface area contributed by atoms with Gasteiger partial charge >= 0.3 is 0 Å². The topological polar surface area (TPSA) is 61.4 Å². The van der Waals surface area contributed by atoms with Gasteiger partial charge in [0.1, 0.15) is 5.75 Å². The summed E-state index contributed by atoms with van der Waals surface area (Å²) in [6.07, 6.45) is 2.77. The van der Waals surface area contributed by atoms with Gasteiger partial charge in [-0.2, -0.15) is 0 Å². The Bertz CT molecular complexity index is 426. The van der Waals surface area contributed by atoms with E-state index >= 15 is 0 Å². The number of carbonyl (C=O) groups excluding carboxylic acids is 1. The molecule has 1 aliphatic heterocycles. The molecule has 4 nitrogen and oxygen atoms in total. The molecule has 1 aliphatic rings. The summed E-state index contributed by atoms with van der Waals surface area (Å²) in [6, 6.07) is 6.68. The quantitative estimate of drug-likeness (QED) is 0.764. The van der Waals surface area contributed by atoms with E-state index in [-0.39, 0.29) is 17.1 Å². The number of phenols is 1. The maximum absolute atomic E-state index is 12.4. The van der Waals surface area contributed by atoms with Crippen LogP contribution in [0, 0.1) is 5.41 Å². The summed E-state index contributed by atoms with van der Waals surface area (Å²) >= 11 is 0. The predicted octanol–water partition coefficient (Wildman–Crippen LogP) is 2.11. The van der Waals surface area contributed by atoms with Gasteiger partial charge in [0.25, 0.3) is 0 Å². The first-order valence-electron chi connectivity index (χ1n) is 6.47. The molecule has 98 valence electrons. The molecule has 1 amide bonds. The third-order valence-corrected chi connectivity index (χ3v) is 3.56. The second-order valence-corrected chi connectivity index (χ2v) is 4.96. The Morgan fingerprint density at radius 3 is 3.00 bits per heavy atom. The molecule has 1 aromatic carbocycles. The highest BCUT2D eigenvalue weighted by Crippen LogP contribution is 2.32. The van der Waals surface area contributed by atoms with Crippen molar-refractivity contribution in [3.63, 3.8) is 0 Å². The fraction of sp³-hybridized carbons (Fsp3) is 0.500. The lowest BCUT2D eigenvalue weighted by Gasteiger charge is -2.26. The fourth-order valence-electron chi connectivity index (χ4n) is 2.59. The number of aromatic hydroxyl groups is 1. The summed E-state index contributed by atoms with van der Waals surface area (Å²) in [5.74, 6) is 0.224. The summed E-state index contributed by atoms with van der Waals surface area (Å²) in [6.45, 7) is 3.74. The Kier molecular flexibility index (Phi) is 3.87. The Balaban J connectivity index is 2.10. The number of amides is 1. The van der Waals surface area contributed by atoms with Crippen LogP contribution in [0.15, 0.2) is 24.3 Å². The fourth-order valence-corrected chi connectivity index (χ4v) is 2.59.